The van der Waals surface area contributed by atoms with Crippen LogP contribution in [0.3, 0.4) is 0 Å². The Morgan fingerprint density at radius 3 is 2.70 bits per heavy atom. The number of para-hydroxylation sites is 1. The number of aliphatic hydroxyl groups excluding tert-OH is 1. The van der Waals surface area contributed by atoms with Gasteiger partial charge in [0.1, 0.15) is 0 Å². The summed E-state index contributed by atoms with van der Waals surface area (Å²) >= 11 is 0. The number of aliphatic hydroxyl groups is 1. The highest BCUT2D eigenvalue weighted by Gasteiger charge is 2.19. The van der Waals surface area contributed by atoms with Gasteiger partial charge in [-0.3, -0.25) is 4.68 Å². The zero-order chi connectivity index (χ0) is 13.8. The highest BCUT2D eigenvalue weighted by atomic mass is 16.3. The van der Waals surface area contributed by atoms with Gasteiger partial charge >= 0.3 is 0 Å². The third-order valence-electron chi connectivity index (χ3n) is 3.97. The van der Waals surface area contributed by atoms with Gasteiger partial charge in [0.25, 0.3) is 0 Å². The molecule has 4 heteroatoms. The van der Waals surface area contributed by atoms with Gasteiger partial charge in [-0.2, -0.15) is 5.10 Å². The number of rotatable bonds is 4. The highest BCUT2D eigenvalue weighted by molar-refractivity contribution is 5.51. The second-order valence-electron chi connectivity index (χ2n) is 5.51. The second kappa shape index (κ2) is 6.09. The maximum absolute atomic E-state index is 9.58. The fourth-order valence-electron chi connectivity index (χ4n) is 2.81. The third kappa shape index (κ3) is 3.20. The van der Waals surface area contributed by atoms with Crippen LogP contribution >= 0.6 is 0 Å². The highest BCUT2D eigenvalue weighted by Crippen LogP contribution is 2.24. The summed E-state index contributed by atoms with van der Waals surface area (Å²) < 4.78 is 1.94. The SMILES string of the molecule is OC1CCC(Nc2ccccc2Cn2cccn2)CC1. The van der Waals surface area contributed by atoms with Crippen molar-refractivity contribution in [1.82, 2.24) is 9.78 Å². The monoisotopic (exact) mass is 271 g/mol. The molecule has 2 aromatic rings. The number of benzene rings is 1. The molecule has 1 heterocycles. The Labute approximate surface area is 119 Å². The summed E-state index contributed by atoms with van der Waals surface area (Å²) in [6, 6.07) is 10.8. The van der Waals surface area contributed by atoms with Crippen LogP contribution in [0.4, 0.5) is 5.69 Å². The quantitative estimate of drug-likeness (QED) is 0.899. The van der Waals surface area contributed by atoms with Crippen LogP contribution in [-0.4, -0.2) is 27.0 Å². The van der Waals surface area contributed by atoms with E-state index in [0.29, 0.717) is 6.04 Å². The van der Waals surface area contributed by atoms with Crippen molar-refractivity contribution in [3.8, 4) is 0 Å². The lowest BCUT2D eigenvalue weighted by Gasteiger charge is -2.28. The normalized spacial score (nSPS) is 22.6. The number of aromatic nitrogens is 2. The molecule has 1 fully saturated rings. The van der Waals surface area contributed by atoms with Gasteiger partial charge in [-0.1, -0.05) is 18.2 Å². The van der Waals surface area contributed by atoms with Gasteiger partial charge in [0.15, 0.2) is 0 Å². The first kappa shape index (κ1) is 13.2. The van der Waals surface area contributed by atoms with E-state index in [0.717, 1.165) is 32.2 Å². The van der Waals surface area contributed by atoms with Gasteiger partial charge in [-0.15, -0.1) is 0 Å². The summed E-state index contributed by atoms with van der Waals surface area (Å²) in [6.07, 6.45) is 7.56. The summed E-state index contributed by atoms with van der Waals surface area (Å²) in [6.45, 7) is 0.783. The largest absolute Gasteiger partial charge is 0.393 e. The first-order valence-electron chi connectivity index (χ1n) is 7.31. The van der Waals surface area contributed by atoms with Gasteiger partial charge in [0.2, 0.25) is 0 Å². The summed E-state index contributed by atoms with van der Waals surface area (Å²) in [4.78, 5) is 0. The molecule has 3 rings (SSSR count). The Morgan fingerprint density at radius 2 is 1.95 bits per heavy atom. The number of hydrogen-bond donors (Lipinski definition) is 2. The Bertz CT molecular complexity index is 530. The van der Waals surface area contributed by atoms with Gasteiger partial charge in [0, 0.05) is 24.1 Å². The molecule has 0 unspecified atom stereocenters. The molecule has 4 nitrogen and oxygen atoms in total. The summed E-state index contributed by atoms with van der Waals surface area (Å²) in [5, 5.41) is 17.5. The van der Waals surface area contributed by atoms with E-state index in [-0.39, 0.29) is 6.10 Å². The minimum atomic E-state index is -0.104. The van der Waals surface area contributed by atoms with E-state index < -0.39 is 0 Å². The average molecular weight is 271 g/mol. The third-order valence-corrected chi connectivity index (χ3v) is 3.97. The average Bonchev–Trinajstić information content (AvgIpc) is 2.96. The topological polar surface area (TPSA) is 50.1 Å². The van der Waals surface area contributed by atoms with Gasteiger partial charge in [-0.05, 0) is 43.4 Å². The molecule has 0 saturated heterocycles. The summed E-state index contributed by atoms with van der Waals surface area (Å²) in [5.41, 5.74) is 2.44. The lowest BCUT2D eigenvalue weighted by Crippen LogP contribution is -2.28. The van der Waals surface area contributed by atoms with Crippen molar-refractivity contribution >= 4 is 5.69 Å². The van der Waals surface area contributed by atoms with Crippen molar-refractivity contribution in [1.29, 1.82) is 0 Å². The molecule has 1 saturated carbocycles. The summed E-state index contributed by atoms with van der Waals surface area (Å²) in [7, 11) is 0. The number of nitrogens with zero attached hydrogens (tertiary/aromatic N) is 2. The van der Waals surface area contributed by atoms with Crippen molar-refractivity contribution in [3.05, 3.63) is 48.3 Å². The Kier molecular flexibility index (Phi) is 4.02. The van der Waals surface area contributed by atoms with Crippen LogP contribution in [0.5, 0.6) is 0 Å². The maximum Gasteiger partial charge on any atom is 0.0679 e. The number of nitrogens with one attached hydrogen (secondary N) is 1. The van der Waals surface area contributed by atoms with Crippen molar-refractivity contribution in [2.45, 2.75) is 44.4 Å². The molecule has 20 heavy (non-hydrogen) atoms. The lowest BCUT2D eigenvalue weighted by molar-refractivity contribution is 0.126. The fourth-order valence-corrected chi connectivity index (χ4v) is 2.81. The van der Waals surface area contributed by atoms with Crippen molar-refractivity contribution in [2.24, 2.45) is 0 Å². The molecular formula is C16H21N3O. The molecule has 106 valence electrons. The van der Waals surface area contributed by atoms with Crippen molar-refractivity contribution in [3.63, 3.8) is 0 Å². The Morgan fingerprint density at radius 1 is 1.15 bits per heavy atom. The minimum Gasteiger partial charge on any atom is -0.393 e. The van der Waals surface area contributed by atoms with Gasteiger partial charge < -0.3 is 10.4 Å². The second-order valence-corrected chi connectivity index (χ2v) is 5.51. The predicted molar refractivity (Wildman–Crippen MR) is 79.7 cm³/mol. The zero-order valence-corrected chi connectivity index (χ0v) is 11.6. The number of anilines is 1. The van der Waals surface area contributed by atoms with Crippen LogP contribution in [0.25, 0.3) is 0 Å². The van der Waals surface area contributed by atoms with Crippen LogP contribution in [0, 0.1) is 0 Å². The van der Waals surface area contributed by atoms with E-state index in [2.05, 4.69) is 34.7 Å². The molecule has 1 aromatic carbocycles. The van der Waals surface area contributed by atoms with Crippen molar-refractivity contribution < 1.29 is 5.11 Å². The molecule has 2 N–H and O–H groups in total. The van der Waals surface area contributed by atoms with Crippen LogP contribution in [0.15, 0.2) is 42.7 Å². The molecule has 0 spiro atoms. The molecule has 0 amide bonds. The van der Waals surface area contributed by atoms with Crippen LogP contribution < -0.4 is 5.32 Å². The predicted octanol–water partition coefficient (Wildman–Crippen LogP) is 2.65. The Hall–Kier alpha value is -1.81. The standard InChI is InChI=1S/C16H21N3O/c20-15-8-6-14(7-9-15)18-16-5-2-1-4-13(16)12-19-11-3-10-17-19/h1-5,10-11,14-15,18,20H,6-9,12H2. The first-order valence-corrected chi connectivity index (χ1v) is 7.31. The van der Waals surface area contributed by atoms with Crippen LogP contribution in [-0.2, 0) is 6.54 Å². The van der Waals surface area contributed by atoms with E-state index in [1.54, 1.807) is 6.20 Å². The van der Waals surface area contributed by atoms with Gasteiger partial charge in [-0.25, -0.2) is 0 Å². The minimum absolute atomic E-state index is 0.104. The van der Waals surface area contributed by atoms with E-state index in [1.165, 1.54) is 11.3 Å². The summed E-state index contributed by atoms with van der Waals surface area (Å²) in [5.74, 6) is 0. The van der Waals surface area contributed by atoms with Crippen LogP contribution in [0.1, 0.15) is 31.2 Å². The van der Waals surface area contributed by atoms with E-state index in [4.69, 9.17) is 0 Å². The van der Waals surface area contributed by atoms with Crippen LogP contribution in [0.2, 0.25) is 0 Å². The molecule has 0 bridgehead atoms. The maximum atomic E-state index is 9.58. The van der Waals surface area contributed by atoms with E-state index in [9.17, 15) is 5.11 Å². The fraction of sp³-hybridized carbons (Fsp3) is 0.438. The molecule has 1 aliphatic carbocycles. The Balaban J connectivity index is 1.69. The molecule has 0 atom stereocenters. The first-order chi connectivity index (χ1) is 9.81. The van der Waals surface area contributed by atoms with Crippen molar-refractivity contribution in [2.75, 3.05) is 5.32 Å². The van der Waals surface area contributed by atoms with E-state index in [1.807, 2.05) is 16.9 Å². The zero-order valence-electron chi connectivity index (χ0n) is 11.6. The smallest absolute Gasteiger partial charge is 0.0679 e. The lowest BCUT2D eigenvalue weighted by atomic mass is 9.93. The van der Waals surface area contributed by atoms with E-state index >= 15 is 0 Å². The molecule has 1 aliphatic rings. The van der Waals surface area contributed by atoms with Gasteiger partial charge in [0.05, 0.1) is 12.6 Å². The molecule has 0 aliphatic heterocycles. The molecular weight excluding hydrogens is 250 g/mol. The number of hydrogen-bond acceptors (Lipinski definition) is 3. The molecule has 1 aromatic heterocycles. The molecule has 0 radical (unpaired) electrons.